The summed E-state index contributed by atoms with van der Waals surface area (Å²) in [5.74, 6) is 2.10. The molecule has 1 fully saturated rings. The van der Waals surface area contributed by atoms with Crippen LogP contribution in [0.2, 0.25) is 0 Å². The van der Waals surface area contributed by atoms with Gasteiger partial charge in [-0.05, 0) is 30.6 Å². The summed E-state index contributed by atoms with van der Waals surface area (Å²) in [6, 6.07) is -0.0131. The van der Waals surface area contributed by atoms with Gasteiger partial charge in [-0.15, -0.1) is 0 Å². The third kappa shape index (κ3) is 5.38. The van der Waals surface area contributed by atoms with Crippen LogP contribution in [-0.2, 0) is 4.79 Å². The van der Waals surface area contributed by atoms with Crippen LogP contribution in [0.3, 0.4) is 0 Å². The zero-order valence-electron chi connectivity index (χ0n) is 12.2. The first-order valence-corrected chi connectivity index (χ1v) is 7.55. The number of nitrogens with two attached hydrogens (primary N) is 1. The van der Waals surface area contributed by atoms with E-state index in [0.717, 1.165) is 12.5 Å². The van der Waals surface area contributed by atoms with E-state index in [9.17, 15) is 4.79 Å². The lowest BCUT2D eigenvalue weighted by molar-refractivity contribution is -0.121. The highest BCUT2D eigenvalue weighted by molar-refractivity contribution is 5.76. The quantitative estimate of drug-likeness (QED) is 0.765. The summed E-state index contributed by atoms with van der Waals surface area (Å²) in [6.07, 6.45) is 6.99. The van der Waals surface area contributed by atoms with E-state index in [-0.39, 0.29) is 11.9 Å². The molecule has 1 aliphatic carbocycles. The summed E-state index contributed by atoms with van der Waals surface area (Å²) in [7, 11) is 0. The first kappa shape index (κ1) is 15.5. The lowest BCUT2D eigenvalue weighted by atomic mass is 9.81. The van der Waals surface area contributed by atoms with E-state index in [0.29, 0.717) is 18.3 Å². The van der Waals surface area contributed by atoms with Gasteiger partial charge in [-0.25, -0.2) is 0 Å². The van der Waals surface area contributed by atoms with Crippen LogP contribution < -0.4 is 11.1 Å². The van der Waals surface area contributed by atoms with Gasteiger partial charge in [-0.3, -0.25) is 4.79 Å². The SMILES string of the molecule is CCC1CCC(CNC(=O)CC(N)C(C)C)CC1. The lowest BCUT2D eigenvalue weighted by Crippen LogP contribution is -2.37. The summed E-state index contributed by atoms with van der Waals surface area (Å²) >= 11 is 0. The van der Waals surface area contributed by atoms with E-state index >= 15 is 0 Å². The number of hydrogen-bond donors (Lipinski definition) is 2. The summed E-state index contributed by atoms with van der Waals surface area (Å²) in [4.78, 5) is 11.7. The van der Waals surface area contributed by atoms with Gasteiger partial charge >= 0.3 is 0 Å². The molecule has 3 nitrogen and oxygen atoms in total. The Hall–Kier alpha value is -0.570. The highest BCUT2D eigenvalue weighted by Crippen LogP contribution is 2.30. The van der Waals surface area contributed by atoms with Gasteiger partial charge < -0.3 is 11.1 Å². The zero-order chi connectivity index (χ0) is 13.5. The van der Waals surface area contributed by atoms with E-state index in [2.05, 4.69) is 26.1 Å². The molecule has 1 unspecified atom stereocenters. The standard InChI is InChI=1S/C15H30N2O/c1-4-12-5-7-13(8-6-12)10-17-15(18)9-14(16)11(2)3/h11-14H,4-10,16H2,1-3H3,(H,17,18). The van der Waals surface area contributed by atoms with E-state index in [4.69, 9.17) is 5.73 Å². The normalized spacial score (nSPS) is 26.1. The van der Waals surface area contributed by atoms with Gasteiger partial charge in [0.1, 0.15) is 0 Å². The van der Waals surface area contributed by atoms with E-state index in [1.54, 1.807) is 0 Å². The van der Waals surface area contributed by atoms with Crippen molar-refractivity contribution in [3.8, 4) is 0 Å². The van der Waals surface area contributed by atoms with Crippen LogP contribution >= 0.6 is 0 Å². The monoisotopic (exact) mass is 254 g/mol. The Labute approximate surface area is 112 Å². The molecule has 18 heavy (non-hydrogen) atoms. The molecule has 1 amide bonds. The van der Waals surface area contributed by atoms with Gasteiger partial charge in [-0.1, -0.05) is 40.0 Å². The maximum atomic E-state index is 11.7. The maximum Gasteiger partial charge on any atom is 0.221 e. The van der Waals surface area contributed by atoms with Crippen LogP contribution in [0, 0.1) is 17.8 Å². The van der Waals surface area contributed by atoms with Gasteiger partial charge in [0.2, 0.25) is 5.91 Å². The smallest absolute Gasteiger partial charge is 0.221 e. The van der Waals surface area contributed by atoms with Crippen molar-refractivity contribution in [2.45, 2.75) is 65.3 Å². The largest absolute Gasteiger partial charge is 0.356 e. The molecular weight excluding hydrogens is 224 g/mol. The van der Waals surface area contributed by atoms with Crippen LogP contribution in [0.5, 0.6) is 0 Å². The van der Waals surface area contributed by atoms with Crippen molar-refractivity contribution in [3.63, 3.8) is 0 Å². The van der Waals surface area contributed by atoms with E-state index in [1.807, 2.05) is 0 Å². The Morgan fingerprint density at radius 3 is 2.28 bits per heavy atom. The summed E-state index contributed by atoms with van der Waals surface area (Å²) in [5, 5.41) is 3.05. The molecule has 1 saturated carbocycles. The van der Waals surface area contributed by atoms with Gasteiger partial charge in [0, 0.05) is 19.0 Å². The Bertz CT molecular complexity index is 245. The predicted molar refractivity (Wildman–Crippen MR) is 76.2 cm³/mol. The minimum atomic E-state index is -0.0131. The highest BCUT2D eigenvalue weighted by atomic mass is 16.1. The van der Waals surface area contributed by atoms with Crippen molar-refractivity contribution >= 4 is 5.91 Å². The van der Waals surface area contributed by atoms with Crippen LogP contribution in [0.1, 0.15) is 59.3 Å². The molecule has 0 radical (unpaired) electrons. The molecule has 0 heterocycles. The zero-order valence-corrected chi connectivity index (χ0v) is 12.2. The number of amides is 1. The molecule has 0 aromatic rings. The molecule has 3 heteroatoms. The van der Waals surface area contributed by atoms with Gasteiger partial charge in [-0.2, -0.15) is 0 Å². The molecule has 0 aromatic carbocycles. The Morgan fingerprint density at radius 2 is 1.78 bits per heavy atom. The molecule has 0 saturated heterocycles. The predicted octanol–water partition coefficient (Wildman–Crippen LogP) is 2.69. The maximum absolute atomic E-state index is 11.7. The average Bonchev–Trinajstić information content (AvgIpc) is 2.36. The van der Waals surface area contributed by atoms with Crippen molar-refractivity contribution in [3.05, 3.63) is 0 Å². The van der Waals surface area contributed by atoms with E-state index < -0.39 is 0 Å². The molecule has 0 aromatic heterocycles. The second kappa shape index (κ2) is 7.78. The van der Waals surface area contributed by atoms with Crippen molar-refractivity contribution in [1.82, 2.24) is 5.32 Å². The number of hydrogen-bond acceptors (Lipinski definition) is 2. The fourth-order valence-electron chi connectivity index (χ4n) is 2.62. The van der Waals surface area contributed by atoms with Crippen molar-refractivity contribution in [2.75, 3.05) is 6.54 Å². The minimum absolute atomic E-state index is 0.0131. The molecule has 0 spiro atoms. The first-order valence-electron chi connectivity index (χ1n) is 7.55. The molecular formula is C15H30N2O. The van der Waals surface area contributed by atoms with Gasteiger partial charge in [0.25, 0.3) is 0 Å². The molecule has 3 N–H and O–H groups in total. The minimum Gasteiger partial charge on any atom is -0.356 e. The van der Waals surface area contributed by atoms with Crippen LogP contribution in [0.15, 0.2) is 0 Å². The third-order valence-corrected chi connectivity index (χ3v) is 4.41. The Morgan fingerprint density at radius 1 is 1.22 bits per heavy atom. The second-order valence-corrected chi connectivity index (χ2v) is 6.21. The van der Waals surface area contributed by atoms with Crippen LogP contribution in [-0.4, -0.2) is 18.5 Å². The van der Waals surface area contributed by atoms with Gasteiger partial charge in [0.05, 0.1) is 0 Å². The third-order valence-electron chi connectivity index (χ3n) is 4.41. The Kier molecular flexibility index (Phi) is 6.69. The number of rotatable bonds is 6. The summed E-state index contributed by atoms with van der Waals surface area (Å²) in [5.41, 5.74) is 5.90. The van der Waals surface area contributed by atoms with Crippen molar-refractivity contribution in [1.29, 1.82) is 0 Å². The van der Waals surface area contributed by atoms with Crippen molar-refractivity contribution < 1.29 is 4.79 Å². The topological polar surface area (TPSA) is 55.1 Å². The van der Waals surface area contributed by atoms with Gasteiger partial charge in [0.15, 0.2) is 0 Å². The highest BCUT2D eigenvalue weighted by Gasteiger charge is 2.20. The van der Waals surface area contributed by atoms with E-state index in [1.165, 1.54) is 32.1 Å². The first-order chi connectivity index (χ1) is 8.52. The number of nitrogens with one attached hydrogen (secondary N) is 1. The molecule has 0 aliphatic heterocycles. The average molecular weight is 254 g/mol. The lowest BCUT2D eigenvalue weighted by Gasteiger charge is -2.28. The summed E-state index contributed by atoms with van der Waals surface area (Å²) in [6.45, 7) is 7.24. The summed E-state index contributed by atoms with van der Waals surface area (Å²) < 4.78 is 0. The number of carbonyl (C=O) groups excluding carboxylic acids is 1. The van der Waals surface area contributed by atoms with Crippen molar-refractivity contribution in [2.24, 2.45) is 23.5 Å². The molecule has 1 atom stereocenters. The van der Waals surface area contributed by atoms with Crippen LogP contribution in [0.25, 0.3) is 0 Å². The molecule has 0 bridgehead atoms. The Balaban J connectivity index is 2.15. The number of carbonyl (C=O) groups is 1. The fourth-order valence-corrected chi connectivity index (χ4v) is 2.62. The van der Waals surface area contributed by atoms with Crippen LogP contribution in [0.4, 0.5) is 0 Å². The molecule has 106 valence electrons. The molecule has 1 rings (SSSR count). The fraction of sp³-hybridized carbons (Fsp3) is 0.933. The second-order valence-electron chi connectivity index (χ2n) is 6.21. The molecule has 1 aliphatic rings.